The number of hydrogen-bond acceptors (Lipinski definition) is 6. The molecule has 8 heteroatoms. The summed E-state index contributed by atoms with van der Waals surface area (Å²) in [6.45, 7) is 1.30. The highest BCUT2D eigenvalue weighted by Gasteiger charge is 2.34. The largest absolute Gasteiger partial charge is 0.484 e. The van der Waals surface area contributed by atoms with Gasteiger partial charge in [-0.25, -0.2) is 9.78 Å². The molecule has 1 aromatic heterocycles. The minimum Gasteiger partial charge on any atom is -0.484 e. The van der Waals surface area contributed by atoms with Crippen molar-refractivity contribution in [3.63, 3.8) is 0 Å². The Morgan fingerprint density at radius 2 is 2.05 bits per heavy atom. The van der Waals surface area contributed by atoms with Gasteiger partial charge < -0.3 is 24.2 Å². The second kappa shape index (κ2) is 5.57. The van der Waals surface area contributed by atoms with E-state index in [1.54, 1.807) is 6.07 Å². The summed E-state index contributed by atoms with van der Waals surface area (Å²) in [4.78, 5) is 29.0. The maximum absolute atomic E-state index is 12.4. The first kappa shape index (κ1) is 13.6. The smallest absolute Gasteiger partial charge is 0.328 e. The third kappa shape index (κ3) is 2.62. The highest BCUT2D eigenvalue weighted by Crippen LogP contribution is 2.28. The van der Waals surface area contributed by atoms with Gasteiger partial charge in [0, 0.05) is 6.54 Å². The van der Waals surface area contributed by atoms with E-state index in [1.165, 1.54) is 11.0 Å². The van der Waals surface area contributed by atoms with E-state index in [0.29, 0.717) is 25.6 Å². The number of carbonyl (C=O) groups excluding carboxylic acids is 1. The number of hydrogen-bond donors (Lipinski definition) is 1. The summed E-state index contributed by atoms with van der Waals surface area (Å²) >= 11 is 0. The van der Waals surface area contributed by atoms with Crippen LogP contribution < -0.4 is 9.47 Å². The van der Waals surface area contributed by atoms with Gasteiger partial charge in [0.25, 0.3) is 11.8 Å². The monoisotopic (exact) mass is 294 g/mol. The average Bonchev–Trinajstić information content (AvgIpc) is 2.53. The molecule has 21 heavy (non-hydrogen) atoms. The molecule has 3 rings (SSSR count). The first-order chi connectivity index (χ1) is 10.2. The van der Waals surface area contributed by atoms with Crippen molar-refractivity contribution in [2.45, 2.75) is 6.04 Å². The molecule has 0 saturated carbocycles. The third-order valence-electron chi connectivity index (χ3n) is 3.30. The Balaban J connectivity index is 1.85. The van der Waals surface area contributed by atoms with Gasteiger partial charge in [0.15, 0.2) is 11.8 Å². The Bertz CT molecular complexity index is 576. The van der Waals surface area contributed by atoms with Crippen LogP contribution >= 0.6 is 0 Å². The van der Waals surface area contributed by atoms with Crippen molar-refractivity contribution in [2.75, 3.05) is 33.0 Å². The summed E-state index contributed by atoms with van der Waals surface area (Å²) in [5.41, 5.74) is 0.132. The number of nitrogens with zero attached hydrogens (tertiary/aromatic N) is 2. The van der Waals surface area contributed by atoms with Crippen molar-refractivity contribution in [1.29, 1.82) is 0 Å². The fourth-order valence-electron chi connectivity index (χ4n) is 2.25. The number of aromatic nitrogens is 1. The van der Waals surface area contributed by atoms with Gasteiger partial charge in [0.1, 0.15) is 18.9 Å². The van der Waals surface area contributed by atoms with E-state index in [-0.39, 0.29) is 24.7 Å². The number of carboxylic acids is 1. The summed E-state index contributed by atoms with van der Waals surface area (Å²) in [7, 11) is 0. The van der Waals surface area contributed by atoms with Gasteiger partial charge in [-0.2, -0.15) is 0 Å². The average molecular weight is 294 g/mol. The fraction of sp³-hybridized carbons (Fsp3) is 0.462. The molecule has 1 amide bonds. The van der Waals surface area contributed by atoms with E-state index in [0.717, 1.165) is 0 Å². The molecular formula is C13H14N2O6. The zero-order valence-corrected chi connectivity index (χ0v) is 11.2. The van der Waals surface area contributed by atoms with E-state index in [4.69, 9.17) is 19.3 Å². The summed E-state index contributed by atoms with van der Waals surface area (Å²) in [5.74, 6) is -0.815. The maximum Gasteiger partial charge on any atom is 0.328 e. The van der Waals surface area contributed by atoms with Crippen molar-refractivity contribution in [3.05, 3.63) is 17.8 Å². The van der Waals surface area contributed by atoms with Crippen LogP contribution in [-0.4, -0.2) is 65.9 Å². The predicted molar refractivity (Wildman–Crippen MR) is 68.5 cm³/mol. The van der Waals surface area contributed by atoms with E-state index in [2.05, 4.69) is 4.98 Å². The Morgan fingerprint density at radius 1 is 1.24 bits per heavy atom. The van der Waals surface area contributed by atoms with Crippen molar-refractivity contribution < 1.29 is 28.9 Å². The molecule has 0 spiro atoms. The number of fused-ring (bicyclic) bond motifs is 1. The van der Waals surface area contributed by atoms with Crippen molar-refractivity contribution >= 4 is 11.9 Å². The number of rotatable bonds is 2. The summed E-state index contributed by atoms with van der Waals surface area (Å²) in [6.07, 6.45) is 0. The fourth-order valence-corrected chi connectivity index (χ4v) is 2.25. The number of carboxylic acid groups (broad SMARTS) is 1. The molecule has 1 fully saturated rings. The molecule has 0 aromatic carbocycles. The lowest BCUT2D eigenvalue weighted by atomic mass is 10.2. The molecular weight excluding hydrogens is 280 g/mol. The molecule has 112 valence electrons. The molecule has 1 unspecified atom stereocenters. The minimum atomic E-state index is -1.10. The molecule has 0 aliphatic carbocycles. The van der Waals surface area contributed by atoms with Crippen LogP contribution in [0.25, 0.3) is 0 Å². The lowest BCUT2D eigenvalue weighted by Gasteiger charge is -2.32. The van der Waals surface area contributed by atoms with Crippen LogP contribution in [0.3, 0.4) is 0 Å². The molecule has 1 saturated heterocycles. The van der Waals surface area contributed by atoms with Crippen LogP contribution in [0.4, 0.5) is 0 Å². The predicted octanol–water partition coefficient (Wildman–Crippen LogP) is -0.222. The van der Waals surface area contributed by atoms with E-state index in [1.807, 2.05) is 0 Å². The Kier molecular flexibility index (Phi) is 3.61. The summed E-state index contributed by atoms with van der Waals surface area (Å²) < 4.78 is 15.8. The normalized spacial score (nSPS) is 21.0. The first-order valence-corrected chi connectivity index (χ1v) is 6.55. The van der Waals surface area contributed by atoms with Gasteiger partial charge in [-0.1, -0.05) is 0 Å². The number of carbonyl (C=O) groups is 2. The third-order valence-corrected chi connectivity index (χ3v) is 3.30. The minimum absolute atomic E-state index is 0.0222. The number of amides is 1. The molecule has 0 radical (unpaired) electrons. The van der Waals surface area contributed by atoms with Crippen molar-refractivity contribution in [2.24, 2.45) is 0 Å². The van der Waals surface area contributed by atoms with E-state index < -0.39 is 17.9 Å². The van der Waals surface area contributed by atoms with Gasteiger partial charge in [-0.3, -0.25) is 4.79 Å². The molecule has 2 aliphatic heterocycles. The molecule has 2 aliphatic rings. The van der Waals surface area contributed by atoms with Gasteiger partial charge in [-0.15, -0.1) is 0 Å². The second-order valence-corrected chi connectivity index (χ2v) is 4.62. The van der Waals surface area contributed by atoms with Gasteiger partial charge >= 0.3 is 5.97 Å². The highest BCUT2D eigenvalue weighted by molar-refractivity contribution is 5.95. The van der Waals surface area contributed by atoms with E-state index in [9.17, 15) is 9.59 Å². The van der Waals surface area contributed by atoms with Crippen LogP contribution in [0.15, 0.2) is 12.1 Å². The van der Waals surface area contributed by atoms with Crippen molar-refractivity contribution in [1.82, 2.24) is 9.88 Å². The molecule has 1 N–H and O–H groups in total. The SMILES string of the molecule is O=C(O)C1COCCN1C(=O)c1ccc2c(n1)OCCO2. The Morgan fingerprint density at radius 3 is 2.86 bits per heavy atom. The van der Waals surface area contributed by atoms with Crippen LogP contribution in [-0.2, 0) is 9.53 Å². The first-order valence-electron chi connectivity index (χ1n) is 6.55. The zero-order valence-electron chi connectivity index (χ0n) is 11.2. The van der Waals surface area contributed by atoms with Crippen LogP contribution in [0.2, 0.25) is 0 Å². The van der Waals surface area contributed by atoms with Gasteiger partial charge in [-0.05, 0) is 12.1 Å². The Hall–Kier alpha value is -2.35. The number of aliphatic carboxylic acids is 1. The van der Waals surface area contributed by atoms with Crippen molar-refractivity contribution in [3.8, 4) is 11.6 Å². The standard InChI is InChI=1S/C13H14N2O6/c16-12(15-3-4-19-7-9(15)13(17)18)8-1-2-10-11(14-8)21-6-5-20-10/h1-2,9H,3-7H2,(H,17,18). The second-order valence-electron chi connectivity index (χ2n) is 4.62. The van der Waals surface area contributed by atoms with E-state index >= 15 is 0 Å². The quantitative estimate of drug-likeness (QED) is 0.805. The number of ether oxygens (including phenoxy) is 3. The lowest BCUT2D eigenvalue weighted by Crippen LogP contribution is -2.52. The number of pyridine rings is 1. The Labute approximate surface area is 120 Å². The molecule has 0 bridgehead atoms. The molecule has 1 atom stereocenters. The molecule has 1 aromatic rings. The van der Waals surface area contributed by atoms with Crippen LogP contribution in [0.5, 0.6) is 11.6 Å². The highest BCUT2D eigenvalue weighted by atomic mass is 16.6. The van der Waals surface area contributed by atoms with Crippen LogP contribution in [0.1, 0.15) is 10.5 Å². The number of morpholine rings is 1. The van der Waals surface area contributed by atoms with Gasteiger partial charge in [0.05, 0.1) is 13.2 Å². The topological polar surface area (TPSA) is 98.2 Å². The molecule has 8 nitrogen and oxygen atoms in total. The lowest BCUT2D eigenvalue weighted by molar-refractivity contribution is -0.147. The van der Waals surface area contributed by atoms with Crippen LogP contribution in [0, 0.1) is 0 Å². The zero-order chi connectivity index (χ0) is 14.8. The van der Waals surface area contributed by atoms with Gasteiger partial charge in [0.2, 0.25) is 0 Å². The summed E-state index contributed by atoms with van der Waals surface area (Å²) in [5, 5.41) is 9.16. The maximum atomic E-state index is 12.4. The summed E-state index contributed by atoms with van der Waals surface area (Å²) in [6, 6.07) is 2.11. The molecule has 3 heterocycles.